The predicted octanol–water partition coefficient (Wildman–Crippen LogP) is 3.46. The second kappa shape index (κ2) is 7.20. The molecule has 1 saturated carbocycles. The van der Waals surface area contributed by atoms with Gasteiger partial charge < -0.3 is 14.4 Å². The zero-order valence-corrected chi connectivity index (χ0v) is 18.5. The van der Waals surface area contributed by atoms with Gasteiger partial charge in [-0.2, -0.15) is 0 Å². The third kappa shape index (κ3) is 3.52. The van der Waals surface area contributed by atoms with Crippen LogP contribution in [0.3, 0.4) is 0 Å². The molecular weight excluding hydrogens is 382 g/mol. The number of hydrogen-bond acceptors (Lipinski definition) is 5. The molecule has 2 aliphatic heterocycles. The number of carbonyl (C=O) groups is 1. The zero-order chi connectivity index (χ0) is 20.2. The van der Waals surface area contributed by atoms with Crippen molar-refractivity contribution in [1.29, 1.82) is 0 Å². The van der Waals surface area contributed by atoms with Gasteiger partial charge in [-0.1, -0.05) is 0 Å². The molecule has 2 aromatic heterocycles. The van der Waals surface area contributed by atoms with Crippen LogP contribution in [0.4, 0.5) is 0 Å². The highest BCUT2D eigenvalue weighted by molar-refractivity contribution is 7.09. The van der Waals surface area contributed by atoms with Gasteiger partial charge in [-0.25, -0.2) is 9.97 Å². The molecule has 0 radical (unpaired) electrons. The molecule has 2 atom stereocenters. The van der Waals surface area contributed by atoms with Gasteiger partial charge in [0.2, 0.25) is 5.91 Å². The molecule has 156 valence electrons. The Balaban J connectivity index is 1.41. The normalized spacial score (nSPS) is 27.8. The molecule has 3 fully saturated rings. The van der Waals surface area contributed by atoms with Crippen LogP contribution in [0.15, 0.2) is 17.9 Å². The molecule has 6 nitrogen and oxygen atoms in total. The SMILES string of the molecule is Cc1nc(CN2CC[C@@]3(CN(CC4CC4)C[C@H]3c3cn(C(C)C)cn3)C2=O)cs1. The van der Waals surface area contributed by atoms with Crippen LogP contribution < -0.4 is 0 Å². The molecule has 5 rings (SSSR count). The summed E-state index contributed by atoms with van der Waals surface area (Å²) in [5, 5.41) is 3.15. The van der Waals surface area contributed by atoms with Gasteiger partial charge in [0.05, 0.1) is 34.7 Å². The fourth-order valence-corrected chi connectivity index (χ4v) is 5.76. The number of nitrogens with zero attached hydrogens (tertiary/aromatic N) is 5. The van der Waals surface area contributed by atoms with E-state index in [9.17, 15) is 4.79 Å². The Morgan fingerprint density at radius 2 is 2.17 bits per heavy atom. The van der Waals surface area contributed by atoms with Gasteiger partial charge in [-0.05, 0) is 46.0 Å². The Morgan fingerprint density at radius 3 is 2.83 bits per heavy atom. The maximum absolute atomic E-state index is 13.8. The lowest BCUT2D eigenvalue weighted by molar-refractivity contribution is -0.136. The molecule has 4 heterocycles. The number of amides is 1. The molecule has 2 aromatic rings. The standard InChI is InChI=1S/C22H31N5OS/c1-15(2)27-11-20(23-14-27)19-10-25(8-17-4-5-17)13-22(19)6-7-26(21(22)28)9-18-12-29-16(3)24-18/h11-12,14-15,17,19H,4-10,13H2,1-3H3/t19-,22-/m0/s1. The maximum Gasteiger partial charge on any atom is 0.231 e. The summed E-state index contributed by atoms with van der Waals surface area (Å²) >= 11 is 1.66. The Bertz CT molecular complexity index is 901. The number of aromatic nitrogens is 3. The Labute approximate surface area is 176 Å². The van der Waals surface area contributed by atoms with Crippen molar-refractivity contribution in [2.75, 3.05) is 26.2 Å². The smallest absolute Gasteiger partial charge is 0.231 e. The lowest BCUT2D eigenvalue weighted by Crippen LogP contribution is -2.39. The molecule has 1 amide bonds. The number of rotatable bonds is 6. The van der Waals surface area contributed by atoms with Gasteiger partial charge in [0.25, 0.3) is 0 Å². The lowest BCUT2D eigenvalue weighted by Gasteiger charge is -2.28. The van der Waals surface area contributed by atoms with Crippen LogP contribution in [-0.4, -0.2) is 56.4 Å². The van der Waals surface area contributed by atoms with E-state index in [0.29, 0.717) is 18.5 Å². The summed E-state index contributed by atoms with van der Waals surface area (Å²) in [5.41, 5.74) is 1.79. The topological polar surface area (TPSA) is 54.3 Å². The van der Waals surface area contributed by atoms with E-state index in [-0.39, 0.29) is 11.3 Å². The zero-order valence-electron chi connectivity index (χ0n) is 17.7. The summed E-state index contributed by atoms with van der Waals surface area (Å²) in [6, 6.07) is 0.389. The van der Waals surface area contributed by atoms with Crippen molar-refractivity contribution >= 4 is 17.2 Å². The third-order valence-electron chi connectivity index (χ3n) is 6.96. The number of imidazole rings is 1. The molecule has 2 saturated heterocycles. The fraction of sp³-hybridized carbons (Fsp3) is 0.682. The predicted molar refractivity (Wildman–Crippen MR) is 114 cm³/mol. The van der Waals surface area contributed by atoms with Gasteiger partial charge in [-0.3, -0.25) is 4.79 Å². The summed E-state index contributed by atoms with van der Waals surface area (Å²) < 4.78 is 2.17. The highest BCUT2D eigenvalue weighted by atomic mass is 32.1. The first-order valence-electron chi connectivity index (χ1n) is 10.9. The average Bonchev–Trinajstić information content (AvgIpc) is 3.04. The summed E-state index contributed by atoms with van der Waals surface area (Å²) in [7, 11) is 0. The van der Waals surface area contributed by atoms with E-state index in [0.717, 1.165) is 54.9 Å². The minimum atomic E-state index is -0.323. The molecule has 0 aromatic carbocycles. The number of hydrogen-bond donors (Lipinski definition) is 0. The van der Waals surface area contributed by atoms with E-state index < -0.39 is 0 Å². The van der Waals surface area contributed by atoms with E-state index >= 15 is 0 Å². The van der Waals surface area contributed by atoms with Crippen LogP contribution in [0.1, 0.15) is 61.5 Å². The van der Waals surface area contributed by atoms with Crippen LogP contribution in [-0.2, 0) is 11.3 Å². The van der Waals surface area contributed by atoms with Crippen molar-refractivity contribution < 1.29 is 4.79 Å². The summed E-state index contributed by atoms with van der Waals surface area (Å²) in [6.07, 6.45) is 7.73. The Kier molecular flexibility index (Phi) is 4.78. The molecule has 0 bridgehead atoms. The van der Waals surface area contributed by atoms with Crippen molar-refractivity contribution in [1.82, 2.24) is 24.3 Å². The number of likely N-dealkylation sites (tertiary alicyclic amines) is 2. The first-order chi connectivity index (χ1) is 13.9. The van der Waals surface area contributed by atoms with Gasteiger partial charge in [0, 0.05) is 49.7 Å². The summed E-state index contributed by atoms with van der Waals surface area (Å²) in [6.45, 7) is 10.8. The Hall–Kier alpha value is -1.73. The number of carbonyl (C=O) groups excluding carboxylic acids is 1. The molecule has 0 unspecified atom stereocenters. The second-order valence-electron chi connectivity index (χ2n) is 9.52. The van der Waals surface area contributed by atoms with E-state index in [1.165, 1.54) is 12.8 Å². The molecular formula is C22H31N5OS. The van der Waals surface area contributed by atoms with E-state index in [2.05, 4.69) is 39.9 Å². The minimum absolute atomic E-state index is 0.191. The molecule has 1 aliphatic carbocycles. The second-order valence-corrected chi connectivity index (χ2v) is 10.6. The van der Waals surface area contributed by atoms with Crippen molar-refractivity contribution in [3.63, 3.8) is 0 Å². The number of aryl methyl sites for hydroxylation is 1. The van der Waals surface area contributed by atoms with Crippen molar-refractivity contribution in [2.45, 2.75) is 58.5 Å². The van der Waals surface area contributed by atoms with Crippen LogP contribution in [0.25, 0.3) is 0 Å². The van der Waals surface area contributed by atoms with Crippen molar-refractivity contribution in [2.24, 2.45) is 11.3 Å². The first kappa shape index (κ1) is 19.2. The van der Waals surface area contributed by atoms with Crippen LogP contribution in [0.2, 0.25) is 0 Å². The summed E-state index contributed by atoms with van der Waals surface area (Å²) in [4.78, 5) is 27.7. The van der Waals surface area contributed by atoms with Crippen LogP contribution >= 0.6 is 11.3 Å². The van der Waals surface area contributed by atoms with Gasteiger partial charge in [0.1, 0.15) is 0 Å². The molecule has 0 N–H and O–H groups in total. The highest BCUT2D eigenvalue weighted by Gasteiger charge is 2.58. The minimum Gasteiger partial charge on any atom is -0.336 e. The third-order valence-corrected chi connectivity index (χ3v) is 7.78. The van der Waals surface area contributed by atoms with E-state index in [1.807, 2.05) is 18.2 Å². The molecule has 7 heteroatoms. The van der Waals surface area contributed by atoms with Crippen molar-refractivity contribution in [3.8, 4) is 0 Å². The highest BCUT2D eigenvalue weighted by Crippen LogP contribution is 2.50. The van der Waals surface area contributed by atoms with Gasteiger partial charge >= 0.3 is 0 Å². The van der Waals surface area contributed by atoms with Crippen LogP contribution in [0, 0.1) is 18.3 Å². The van der Waals surface area contributed by atoms with Gasteiger partial charge in [-0.15, -0.1) is 11.3 Å². The largest absolute Gasteiger partial charge is 0.336 e. The average molecular weight is 414 g/mol. The fourth-order valence-electron chi connectivity index (χ4n) is 5.16. The molecule has 1 spiro atoms. The molecule has 3 aliphatic rings. The van der Waals surface area contributed by atoms with E-state index in [1.54, 1.807) is 11.3 Å². The lowest BCUT2D eigenvalue weighted by atomic mass is 9.75. The van der Waals surface area contributed by atoms with Crippen LogP contribution in [0.5, 0.6) is 0 Å². The monoisotopic (exact) mass is 413 g/mol. The quantitative estimate of drug-likeness (QED) is 0.728. The van der Waals surface area contributed by atoms with Gasteiger partial charge in [0.15, 0.2) is 0 Å². The first-order valence-corrected chi connectivity index (χ1v) is 11.8. The Morgan fingerprint density at radius 1 is 1.34 bits per heavy atom. The van der Waals surface area contributed by atoms with E-state index in [4.69, 9.17) is 4.98 Å². The summed E-state index contributed by atoms with van der Waals surface area (Å²) in [5.74, 6) is 1.34. The maximum atomic E-state index is 13.8. The molecule has 29 heavy (non-hydrogen) atoms. The van der Waals surface area contributed by atoms with Crippen molar-refractivity contribution in [3.05, 3.63) is 34.3 Å². The number of thiazole rings is 1.